The average Bonchev–Trinajstić information content (AvgIpc) is 3.09. The largest absolute Gasteiger partial charge is 0.516 e. The van der Waals surface area contributed by atoms with Crippen LogP contribution in [0.2, 0.25) is 0 Å². The van der Waals surface area contributed by atoms with Gasteiger partial charge in [-0.2, -0.15) is 20.2 Å². The first-order valence-corrected chi connectivity index (χ1v) is 15.7. The van der Waals surface area contributed by atoms with Crippen molar-refractivity contribution in [3.63, 3.8) is 0 Å². The molecule has 0 saturated carbocycles. The Morgan fingerprint density at radius 3 is 2.27 bits per heavy atom. The van der Waals surface area contributed by atoms with E-state index in [1.165, 1.54) is 5.56 Å². The van der Waals surface area contributed by atoms with E-state index in [1.807, 2.05) is 36.4 Å². The van der Waals surface area contributed by atoms with Gasteiger partial charge < -0.3 is 26.4 Å². The molecule has 0 bridgehead atoms. The van der Waals surface area contributed by atoms with Crippen molar-refractivity contribution in [2.24, 2.45) is 9.98 Å². The number of hydrogen-bond acceptors (Lipinski definition) is 12. The molecule has 0 spiro atoms. The van der Waals surface area contributed by atoms with Gasteiger partial charge in [0.1, 0.15) is 5.70 Å². The molecule has 4 rings (SSSR count). The second kappa shape index (κ2) is 21.2. The summed E-state index contributed by atoms with van der Waals surface area (Å²) < 4.78 is 0. The fourth-order valence-corrected chi connectivity index (χ4v) is 4.60. The van der Waals surface area contributed by atoms with Gasteiger partial charge in [0.15, 0.2) is 0 Å². The monoisotopic (exact) mass is 653 g/mol. The van der Waals surface area contributed by atoms with E-state index in [2.05, 4.69) is 92.5 Å². The van der Waals surface area contributed by atoms with E-state index in [1.54, 1.807) is 11.8 Å². The highest BCUT2D eigenvalue weighted by molar-refractivity contribution is 5.94. The molecule has 5 N–H and O–H groups in total. The van der Waals surface area contributed by atoms with E-state index in [-0.39, 0.29) is 17.6 Å². The van der Waals surface area contributed by atoms with Gasteiger partial charge in [-0.3, -0.25) is 19.7 Å². The van der Waals surface area contributed by atoms with E-state index in [4.69, 9.17) is 16.1 Å². The maximum absolute atomic E-state index is 12.7. The van der Waals surface area contributed by atoms with Crippen LogP contribution in [0.15, 0.2) is 82.8 Å². The summed E-state index contributed by atoms with van der Waals surface area (Å²) in [4.78, 5) is 37.1. The van der Waals surface area contributed by atoms with Crippen LogP contribution < -0.4 is 16.4 Å². The molecule has 254 valence electrons. The minimum absolute atomic E-state index is 0.156. The van der Waals surface area contributed by atoms with E-state index < -0.39 is 0 Å². The van der Waals surface area contributed by atoms with Crippen molar-refractivity contribution in [2.45, 2.75) is 46.6 Å². The first-order chi connectivity index (χ1) is 23.2. The van der Waals surface area contributed by atoms with Gasteiger partial charge in [0, 0.05) is 45.0 Å². The summed E-state index contributed by atoms with van der Waals surface area (Å²) in [7, 11) is 0. The Labute approximate surface area is 283 Å². The number of allylic oxidation sites excluding steroid dienone is 1. The van der Waals surface area contributed by atoms with Crippen LogP contribution in [0, 0.1) is 11.3 Å². The van der Waals surface area contributed by atoms with Crippen LogP contribution in [0.3, 0.4) is 0 Å². The molecule has 0 unspecified atom stereocenters. The molecule has 2 aromatic carbocycles. The summed E-state index contributed by atoms with van der Waals surface area (Å²) in [6, 6.07) is 17.9. The number of nitrogens with zero attached hydrogens (tertiary/aromatic N) is 8. The molecule has 1 aliphatic rings. The number of benzene rings is 2. The second-order valence-corrected chi connectivity index (χ2v) is 10.7. The smallest absolute Gasteiger partial charge is 0.274 e. The Bertz CT molecular complexity index is 1560. The Balaban J connectivity index is 0.000000476. The average molecular weight is 654 g/mol. The lowest BCUT2D eigenvalue weighted by Gasteiger charge is -2.34. The van der Waals surface area contributed by atoms with Crippen LogP contribution >= 0.6 is 0 Å². The van der Waals surface area contributed by atoms with E-state index in [0.29, 0.717) is 30.7 Å². The standard InChI is InChI=1S/C23H32N10O.C10H11N.C2H4O/c1-5-9-27-22-29-21(24)30-23(31-22)28-18-8-6-7-17(14-18)15-32-10-12-33(13-11-32)20(34)19(26-4)16(2)25-3;1-2-3-9-4-6-10(8-11)7-5-9;1-2-3/h6-8,14H,3-5,9-13,15H2,1-2H3,(H4,24,27,28,29,30,31);4-7H,2-3H2,1H3;2-3H,1H2/b19-16-;;. The number of aliphatic hydroxyl groups is 1. The molecular formula is C35H47N11O2. The van der Waals surface area contributed by atoms with Crippen molar-refractivity contribution < 1.29 is 9.90 Å². The fraction of sp³-hybridized carbons (Fsp3) is 0.343. The van der Waals surface area contributed by atoms with Crippen molar-refractivity contribution in [1.82, 2.24) is 24.8 Å². The summed E-state index contributed by atoms with van der Waals surface area (Å²) in [5.74, 6) is 0.835. The summed E-state index contributed by atoms with van der Waals surface area (Å²) >= 11 is 0. The van der Waals surface area contributed by atoms with Crippen molar-refractivity contribution >= 4 is 42.9 Å². The molecule has 0 radical (unpaired) electrons. The highest BCUT2D eigenvalue weighted by Gasteiger charge is 2.24. The number of aryl methyl sites for hydroxylation is 1. The highest BCUT2D eigenvalue weighted by atomic mass is 16.2. The molecule has 1 aromatic heterocycles. The maximum Gasteiger partial charge on any atom is 0.274 e. The van der Waals surface area contributed by atoms with Gasteiger partial charge in [-0.1, -0.05) is 51.1 Å². The molecule has 3 aromatic rings. The van der Waals surface area contributed by atoms with Gasteiger partial charge in [-0.15, -0.1) is 0 Å². The zero-order valence-electron chi connectivity index (χ0n) is 28.2. The van der Waals surface area contributed by atoms with Crippen molar-refractivity contribution in [3.05, 3.63) is 89.5 Å². The molecular weight excluding hydrogens is 606 g/mol. The topological polar surface area (TPSA) is 181 Å². The van der Waals surface area contributed by atoms with Gasteiger partial charge in [-0.25, -0.2) is 0 Å². The third-order valence-corrected chi connectivity index (χ3v) is 7.00. The van der Waals surface area contributed by atoms with Gasteiger partial charge in [-0.05, 0) is 68.6 Å². The first kappa shape index (κ1) is 38.6. The lowest BCUT2D eigenvalue weighted by Crippen LogP contribution is -2.48. The molecule has 2 heterocycles. The number of anilines is 4. The predicted molar refractivity (Wildman–Crippen MR) is 194 cm³/mol. The summed E-state index contributed by atoms with van der Waals surface area (Å²) in [5.41, 5.74) is 10.6. The quantitative estimate of drug-likeness (QED) is 0.111. The molecule has 1 saturated heterocycles. The summed E-state index contributed by atoms with van der Waals surface area (Å²) in [6.45, 7) is 20.0. The Hall–Kier alpha value is -5.61. The number of hydrogen-bond donors (Lipinski definition) is 4. The maximum atomic E-state index is 12.7. The normalized spacial score (nSPS) is 12.8. The number of nitrogen functional groups attached to an aromatic ring is 1. The zero-order valence-corrected chi connectivity index (χ0v) is 28.2. The number of aliphatic hydroxyl groups excluding tert-OH is 1. The van der Waals surface area contributed by atoms with Crippen LogP contribution in [-0.2, 0) is 17.8 Å². The third-order valence-electron chi connectivity index (χ3n) is 7.00. The number of nitriles is 1. The lowest BCUT2D eigenvalue weighted by molar-refractivity contribution is -0.129. The molecule has 0 aliphatic carbocycles. The number of nitrogens with two attached hydrogens (primary N) is 1. The Morgan fingerprint density at radius 2 is 1.69 bits per heavy atom. The highest BCUT2D eigenvalue weighted by Crippen LogP contribution is 2.19. The Morgan fingerprint density at radius 1 is 1.02 bits per heavy atom. The Kier molecular flexibility index (Phi) is 17.1. The van der Waals surface area contributed by atoms with Gasteiger partial charge in [0.25, 0.3) is 5.91 Å². The minimum atomic E-state index is -0.157. The number of rotatable bonds is 12. The lowest BCUT2D eigenvalue weighted by atomic mass is 10.1. The number of piperazine rings is 1. The molecule has 13 heteroatoms. The van der Waals surface area contributed by atoms with Crippen molar-refractivity contribution in [1.29, 1.82) is 5.26 Å². The predicted octanol–water partition coefficient (Wildman–Crippen LogP) is 5.49. The van der Waals surface area contributed by atoms with Crippen molar-refractivity contribution in [3.8, 4) is 6.07 Å². The SMILES string of the molecule is C=CO.C=N/C(C)=C(\N=C)C(=O)N1CCN(Cc2cccc(Nc3nc(N)nc(NCCC)n3)c2)CC1.CCCc1ccc(C#N)cc1. The molecule has 48 heavy (non-hydrogen) atoms. The zero-order chi connectivity index (χ0) is 35.3. The molecule has 13 nitrogen and oxygen atoms in total. The van der Waals surface area contributed by atoms with Gasteiger partial charge >= 0.3 is 0 Å². The first-order valence-electron chi connectivity index (χ1n) is 15.7. The van der Waals surface area contributed by atoms with Gasteiger partial charge in [0.05, 0.1) is 23.6 Å². The third kappa shape index (κ3) is 13.0. The van der Waals surface area contributed by atoms with Crippen molar-refractivity contribution in [2.75, 3.05) is 49.1 Å². The fourth-order valence-electron chi connectivity index (χ4n) is 4.60. The van der Waals surface area contributed by atoms with Crippen LogP contribution in [-0.4, -0.2) is 81.9 Å². The summed E-state index contributed by atoms with van der Waals surface area (Å²) in [6.07, 6.45) is 3.96. The number of nitrogens with one attached hydrogen (secondary N) is 2. The molecule has 1 aliphatic heterocycles. The van der Waals surface area contributed by atoms with Gasteiger partial charge in [0.2, 0.25) is 17.8 Å². The van der Waals surface area contributed by atoms with E-state index in [9.17, 15) is 4.79 Å². The molecule has 1 fully saturated rings. The van der Waals surface area contributed by atoms with Crippen LogP contribution in [0.5, 0.6) is 0 Å². The summed E-state index contributed by atoms with van der Waals surface area (Å²) in [5, 5.41) is 22.2. The van der Waals surface area contributed by atoms with Crippen LogP contribution in [0.25, 0.3) is 0 Å². The number of aromatic nitrogens is 3. The number of carbonyl (C=O) groups is 1. The minimum Gasteiger partial charge on any atom is -0.516 e. The van der Waals surface area contributed by atoms with E-state index >= 15 is 0 Å². The second-order valence-electron chi connectivity index (χ2n) is 10.7. The van der Waals surface area contributed by atoms with Crippen LogP contribution in [0.4, 0.5) is 23.5 Å². The molecule has 0 atom stereocenters. The molecule has 1 amide bonds. The van der Waals surface area contributed by atoms with E-state index in [0.717, 1.165) is 68.5 Å². The number of aliphatic imine (C=N–C) groups is 2. The number of amides is 1. The van der Waals surface area contributed by atoms with Crippen LogP contribution in [0.1, 0.15) is 50.3 Å². The number of carbonyl (C=O) groups excluding carboxylic acids is 1.